The van der Waals surface area contributed by atoms with Gasteiger partial charge in [-0.15, -0.1) is 0 Å². The SMILES string of the molecule is CCC(C)S(=O)(=O)Cc1ccoc1C(=O)O. The Bertz CT molecular complexity index is 471. The molecule has 0 saturated carbocycles. The van der Waals surface area contributed by atoms with E-state index in [9.17, 15) is 13.2 Å². The van der Waals surface area contributed by atoms with E-state index in [-0.39, 0.29) is 17.1 Å². The van der Waals surface area contributed by atoms with Crippen molar-refractivity contribution in [1.29, 1.82) is 0 Å². The first-order valence-electron chi connectivity index (χ1n) is 4.89. The molecule has 0 fully saturated rings. The summed E-state index contributed by atoms with van der Waals surface area (Å²) in [5.41, 5.74) is 0.202. The first kappa shape index (κ1) is 12.8. The lowest BCUT2D eigenvalue weighted by Crippen LogP contribution is -2.19. The zero-order valence-corrected chi connectivity index (χ0v) is 9.95. The fourth-order valence-corrected chi connectivity index (χ4v) is 2.70. The number of furan rings is 1. The predicted octanol–water partition coefficient (Wildman–Crippen LogP) is 1.69. The van der Waals surface area contributed by atoms with Crippen molar-refractivity contribution in [1.82, 2.24) is 0 Å². The summed E-state index contributed by atoms with van der Waals surface area (Å²) in [6.07, 6.45) is 1.69. The summed E-state index contributed by atoms with van der Waals surface area (Å²) in [6, 6.07) is 1.38. The van der Waals surface area contributed by atoms with Crippen LogP contribution in [0.5, 0.6) is 0 Å². The van der Waals surface area contributed by atoms with Gasteiger partial charge in [0.1, 0.15) is 0 Å². The summed E-state index contributed by atoms with van der Waals surface area (Å²) in [4.78, 5) is 10.7. The van der Waals surface area contributed by atoms with Crippen LogP contribution in [0.15, 0.2) is 16.7 Å². The van der Waals surface area contributed by atoms with Crippen LogP contribution in [0.1, 0.15) is 36.4 Å². The van der Waals surface area contributed by atoms with Gasteiger partial charge in [0.15, 0.2) is 9.84 Å². The van der Waals surface area contributed by atoms with Crippen LogP contribution in [0.25, 0.3) is 0 Å². The summed E-state index contributed by atoms with van der Waals surface area (Å²) in [5.74, 6) is -1.84. The fraction of sp³-hybridized carbons (Fsp3) is 0.500. The van der Waals surface area contributed by atoms with E-state index in [1.165, 1.54) is 12.3 Å². The molecule has 0 amide bonds. The zero-order chi connectivity index (χ0) is 12.3. The summed E-state index contributed by atoms with van der Waals surface area (Å²) in [7, 11) is -3.31. The van der Waals surface area contributed by atoms with Crippen molar-refractivity contribution >= 4 is 15.8 Å². The number of carboxylic acids is 1. The molecular formula is C10H14O5S. The van der Waals surface area contributed by atoms with E-state index in [1.54, 1.807) is 13.8 Å². The third-order valence-electron chi connectivity index (χ3n) is 2.49. The van der Waals surface area contributed by atoms with Gasteiger partial charge in [-0.1, -0.05) is 6.92 Å². The average Bonchev–Trinajstić information content (AvgIpc) is 2.63. The summed E-state index contributed by atoms with van der Waals surface area (Å²) < 4.78 is 28.3. The Labute approximate surface area is 94.0 Å². The number of sulfone groups is 1. The Kier molecular flexibility index (Phi) is 3.74. The lowest BCUT2D eigenvalue weighted by atomic mass is 10.3. The minimum atomic E-state index is -3.31. The molecule has 1 unspecified atom stereocenters. The van der Waals surface area contributed by atoms with Gasteiger partial charge >= 0.3 is 5.97 Å². The van der Waals surface area contributed by atoms with Gasteiger partial charge in [0.05, 0.1) is 17.3 Å². The molecule has 0 aliphatic carbocycles. The molecule has 0 radical (unpaired) electrons. The first-order valence-corrected chi connectivity index (χ1v) is 6.61. The van der Waals surface area contributed by atoms with Crippen LogP contribution in [0.3, 0.4) is 0 Å². The van der Waals surface area contributed by atoms with E-state index >= 15 is 0 Å². The van der Waals surface area contributed by atoms with Crippen LogP contribution >= 0.6 is 0 Å². The largest absolute Gasteiger partial charge is 0.475 e. The van der Waals surface area contributed by atoms with Crippen molar-refractivity contribution in [2.45, 2.75) is 31.3 Å². The molecule has 0 bridgehead atoms. The molecule has 0 aliphatic rings. The highest BCUT2D eigenvalue weighted by Crippen LogP contribution is 2.18. The van der Waals surface area contributed by atoms with E-state index in [0.29, 0.717) is 6.42 Å². The number of rotatable bonds is 5. The molecule has 6 heteroatoms. The summed E-state index contributed by atoms with van der Waals surface area (Å²) in [5, 5.41) is 8.28. The van der Waals surface area contributed by atoms with Gasteiger partial charge in [-0.2, -0.15) is 0 Å². The zero-order valence-electron chi connectivity index (χ0n) is 9.13. The van der Waals surface area contributed by atoms with Crippen molar-refractivity contribution in [3.05, 3.63) is 23.7 Å². The van der Waals surface area contributed by atoms with Crippen LogP contribution in [-0.4, -0.2) is 24.7 Å². The van der Waals surface area contributed by atoms with Gasteiger partial charge in [0.2, 0.25) is 5.76 Å². The smallest absolute Gasteiger partial charge is 0.372 e. The minimum Gasteiger partial charge on any atom is -0.475 e. The predicted molar refractivity (Wildman–Crippen MR) is 58.0 cm³/mol. The van der Waals surface area contributed by atoms with Crippen molar-refractivity contribution in [2.24, 2.45) is 0 Å². The second-order valence-corrected chi connectivity index (χ2v) is 6.03. The topological polar surface area (TPSA) is 84.6 Å². The monoisotopic (exact) mass is 246 g/mol. The molecule has 5 nitrogen and oxygen atoms in total. The second-order valence-electron chi connectivity index (χ2n) is 3.61. The molecule has 0 aliphatic heterocycles. The number of aromatic carboxylic acids is 1. The Hall–Kier alpha value is -1.30. The normalized spacial score (nSPS) is 13.6. The standard InChI is InChI=1S/C10H14O5S/c1-3-7(2)16(13,14)6-8-4-5-15-9(8)10(11)12/h4-5,7H,3,6H2,1-2H3,(H,11,12). The highest BCUT2D eigenvalue weighted by Gasteiger charge is 2.24. The van der Waals surface area contributed by atoms with E-state index < -0.39 is 21.1 Å². The highest BCUT2D eigenvalue weighted by molar-refractivity contribution is 7.91. The molecule has 1 N–H and O–H groups in total. The molecule has 0 spiro atoms. The highest BCUT2D eigenvalue weighted by atomic mass is 32.2. The molecule has 16 heavy (non-hydrogen) atoms. The quantitative estimate of drug-likeness (QED) is 0.854. The Morgan fingerprint density at radius 2 is 2.19 bits per heavy atom. The molecule has 1 aromatic rings. The fourth-order valence-electron chi connectivity index (χ4n) is 1.25. The Morgan fingerprint density at radius 3 is 2.69 bits per heavy atom. The second kappa shape index (κ2) is 4.69. The maximum Gasteiger partial charge on any atom is 0.372 e. The van der Waals surface area contributed by atoms with Crippen molar-refractivity contribution < 1.29 is 22.7 Å². The molecule has 1 rings (SSSR count). The van der Waals surface area contributed by atoms with Crippen LogP contribution in [0, 0.1) is 0 Å². The van der Waals surface area contributed by atoms with Crippen molar-refractivity contribution in [2.75, 3.05) is 0 Å². The van der Waals surface area contributed by atoms with E-state index in [1.807, 2.05) is 0 Å². The Balaban J connectivity index is 2.97. The van der Waals surface area contributed by atoms with Crippen LogP contribution in [0.2, 0.25) is 0 Å². The van der Waals surface area contributed by atoms with E-state index in [0.717, 1.165) is 0 Å². The van der Waals surface area contributed by atoms with Crippen molar-refractivity contribution in [3.63, 3.8) is 0 Å². The van der Waals surface area contributed by atoms with Gasteiger partial charge in [0.25, 0.3) is 0 Å². The van der Waals surface area contributed by atoms with Crippen molar-refractivity contribution in [3.8, 4) is 0 Å². The third kappa shape index (κ3) is 2.63. The van der Waals surface area contributed by atoms with Gasteiger partial charge < -0.3 is 9.52 Å². The lowest BCUT2D eigenvalue weighted by Gasteiger charge is -2.09. The number of carboxylic acid groups (broad SMARTS) is 1. The van der Waals surface area contributed by atoms with Crippen LogP contribution in [-0.2, 0) is 15.6 Å². The van der Waals surface area contributed by atoms with E-state index in [2.05, 4.69) is 0 Å². The number of hydrogen-bond acceptors (Lipinski definition) is 4. The summed E-state index contributed by atoms with van der Waals surface area (Å²) in [6.45, 7) is 3.38. The molecule has 0 aromatic carbocycles. The number of carbonyl (C=O) groups is 1. The van der Waals surface area contributed by atoms with Gasteiger partial charge in [-0.25, -0.2) is 13.2 Å². The van der Waals surface area contributed by atoms with Gasteiger partial charge in [-0.3, -0.25) is 0 Å². The molecule has 90 valence electrons. The van der Waals surface area contributed by atoms with E-state index in [4.69, 9.17) is 9.52 Å². The molecule has 1 heterocycles. The average molecular weight is 246 g/mol. The maximum absolute atomic E-state index is 11.8. The molecular weight excluding hydrogens is 232 g/mol. The van der Waals surface area contributed by atoms with Crippen LogP contribution < -0.4 is 0 Å². The first-order chi connectivity index (χ1) is 7.38. The molecule has 1 atom stereocenters. The van der Waals surface area contributed by atoms with Gasteiger partial charge in [0, 0.05) is 5.56 Å². The van der Waals surface area contributed by atoms with Gasteiger partial charge in [-0.05, 0) is 19.4 Å². The lowest BCUT2D eigenvalue weighted by molar-refractivity contribution is 0.0661. The summed E-state index contributed by atoms with van der Waals surface area (Å²) >= 11 is 0. The maximum atomic E-state index is 11.8. The molecule has 1 aromatic heterocycles. The number of hydrogen-bond donors (Lipinski definition) is 1. The van der Waals surface area contributed by atoms with Crippen LogP contribution in [0.4, 0.5) is 0 Å². The molecule has 0 saturated heterocycles. The Morgan fingerprint density at radius 1 is 1.56 bits per heavy atom. The minimum absolute atomic E-state index is 0.202. The third-order valence-corrected chi connectivity index (χ3v) is 4.76.